The van der Waals surface area contributed by atoms with Gasteiger partial charge in [-0.1, -0.05) is 6.07 Å². The first-order valence-corrected chi connectivity index (χ1v) is 10.3. The largest absolute Gasteiger partial charge is 0.493 e. The summed E-state index contributed by atoms with van der Waals surface area (Å²) in [4.78, 5) is 24.7. The molecular weight excluding hydrogens is 398 g/mol. The minimum Gasteiger partial charge on any atom is -0.493 e. The molecule has 0 aliphatic carbocycles. The van der Waals surface area contributed by atoms with Crippen molar-refractivity contribution in [2.45, 2.75) is 39.3 Å². The molecule has 2 heterocycles. The second-order valence-corrected chi connectivity index (χ2v) is 7.51. The number of Topliss-reactive ketones (excluding diaryl/α,β-unsaturated/α-hetero) is 1. The average Bonchev–Trinajstić information content (AvgIpc) is 3.39. The van der Waals surface area contributed by atoms with Crippen LogP contribution in [0.25, 0.3) is 6.08 Å². The van der Waals surface area contributed by atoms with Crippen LogP contribution in [0, 0.1) is 13.8 Å². The van der Waals surface area contributed by atoms with E-state index in [1.165, 1.54) is 6.08 Å². The maximum absolute atomic E-state index is 12.6. The van der Waals surface area contributed by atoms with Gasteiger partial charge in [-0.3, -0.25) is 4.79 Å². The molecule has 7 nitrogen and oxygen atoms in total. The van der Waals surface area contributed by atoms with Gasteiger partial charge in [0.15, 0.2) is 18.1 Å². The summed E-state index contributed by atoms with van der Waals surface area (Å²) in [6, 6.07) is 7.13. The lowest BCUT2D eigenvalue weighted by Crippen LogP contribution is -2.18. The van der Waals surface area contributed by atoms with E-state index in [-0.39, 0.29) is 18.5 Å². The van der Waals surface area contributed by atoms with E-state index in [2.05, 4.69) is 4.57 Å². The highest BCUT2D eigenvalue weighted by molar-refractivity contribution is 6.00. The van der Waals surface area contributed by atoms with Gasteiger partial charge in [0.1, 0.15) is 0 Å². The summed E-state index contributed by atoms with van der Waals surface area (Å²) < 4.78 is 23.4. The summed E-state index contributed by atoms with van der Waals surface area (Å²) in [6.07, 6.45) is 5.18. The lowest BCUT2D eigenvalue weighted by atomic mass is 10.1. The molecule has 0 spiro atoms. The number of carbonyl (C=O) groups is 2. The van der Waals surface area contributed by atoms with Crippen LogP contribution in [-0.2, 0) is 20.8 Å². The second kappa shape index (κ2) is 10.3. The summed E-state index contributed by atoms with van der Waals surface area (Å²) >= 11 is 0. The van der Waals surface area contributed by atoms with Crippen molar-refractivity contribution in [1.29, 1.82) is 0 Å². The van der Waals surface area contributed by atoms with Crippen LogP contribution in [0.1, 0.15) is 40.2 Å². The van der Waals surface area contributed by atoms with Crippen molar-refractivity contribution in [3.05, 3.63) is 52.9 Å². The molecule has 7 heteroatoms. The molecule has 1 aliphatic rings. The first-order valence-electron chi connectivity index (χ1n) is 10.3. The van der Waals surface area contributed by atoms with Gasteiger partial charge < -0.3 is 23.5 Å². The topological polar surface area (TPSA) is 76.0 Å². The number of methoxy groups -OCH3 is 2. The van der Waals surface area contributed by atoms with E-state index in [1.54, 1.807) is 38.5 Å². The Hall–Kier alpha value is -3.06. The molecule has 0 bridgehead atoms. The standard InChI is InChI=1S/C24H29NO6/c1-16-12-20(17(2)25(16)14-19-6-5-11-30-19)21(26)15-31-24(27)10-8-18-7-9-22(28-3)23(13-18)29-4/h7-10,12-13,19H,5-6,11,14-15H2,1-4H3. The molecule has 0 radical (unpaired) electrons. The number of esters is 1. The first kappa shape index (κ1) is 22.6. The number of nitrogens with zero attached hydrogens (tertiary/aromatic N) is 1. The molecule has 1 fully saturated rings. The minimum atomic E-state index is -0.587. The number of hydrogen-bond acceptors (Lipinski definition) is 6. The minimum absolute atomic E-state index is 0.187. The number of rotatable bonds is 9. The lowest BCUT2D eigenvalue weighted by Gasteiger charge is -2.14. The van der Waals surface area contributed by atoms with Crippen molar-refractivity contribution in [3.63, 3.8) is 0 Å². The number of carbonyl (C=O) groups excluding carboxylic acids is 2. The van der Waals surface area contributed by atoms with Crippen LogP contribution in [-0.4, -0.2) is 49.9 Å². The molecule has 1 aromatic heterocycles. The molecule has 1 unspecified atom stereocenters. The van der Waals surface area contributed by atoms with Gasteiger partial charge in [0.2, 0.25) is 5.78 Å². The molecule has 1 atom stereocenters. The lowest BCUT2D eigenvalue weighted by molar-refractivity contribution is -0.136. The molecule has 1 aliphatic heterocycles. The van der Waals surface area contributed by atoms with Gasteiger partial charge in [0, 0.05) is 36.2 Å². The Balaban J connectivity index is 1.58. The van der Waals surface area contributed by atoms with Gasteiger partial charge in [-0.15, -0.1) is 0 Å². The zero-order valence-corrected chi connectivity index (χ0v) is 18.5. The van der Waals surface area contributed by atoms with E-state index in [1.807, 2.05) is 19.9 Å². The third-order valence-corrected chi connectivity index (χ3v) is 5.45. The Morgan fingerprint density at radius 1 is 1.16 bits per heavy atom. The molecule has 166 valence electrons. The number of ketones is 1. The van der Waals surface area contributed by atoms with Gasteiger partial charge in [-0.25, -0.2) is 4.79 Å². The van der Waals surface area contributed by atoms with E-state index < -0.39 is 5.97 Å². The number of aryl methyl sites for hydroxylation is 1. The van der Waals surface area contributed by atoms with Gasteiger partial charge >= 0.3 is 5.97 Å². The zero-order chi connectivity index (χ0) is 22.4. The van der Waals surface area contributed by atoms with Crippen molar-refractivity contribution in [2.24, 2.45) is 0 Å². The fourth-order valence-corrected chi connectivity index (χ4v) is 3.74. The van der Waals surface area contributed by atoms with Gasteiger partial charge in [0.05, 0.1) is 20.3 Å². The van der Waals surface area contributed by atoms with Crippen LogP contribution >= 0.6 is 0 Å². The third-order valence-electron chi connectivity index (χ3n) is 5.45. The van der Waals surface area contributed by atoms with Crippen LogP contribution < -0.4 is 9.47 Å². The Morgan fingerprint density at radius 2 is 1.94 bits per heavy atom. The van der Waals surface area contributed by atoms with Crippen molar-refractivity contribution < 1.29 is 28.5 Å². The predicted molar refractivity (Wildman–Crippen MR) is 117 cm³/mol. The fraction of sp³-hybridized carbons (Fsp3) is 0.417. The molecule has 0 amide bonds. The Bertz CT molecular complexity index is 969. The molecular formula is C24H29NO6. The Kier molecular flexibility index (Phi) is 7.52. The predicted octanol–water partition coefficient (Wildman–Crippen LogP) is 3.74. The Morgan fingerprint density at radius 3 is 2.61 bits per heavy atom. The van der Waals surface area contributed by atoms with Gasteiger partial charge in [-0.2, -0.15) is 0 Å². The highest BCUT2D eigenvalue weighted by Gasteiger charge is 2.21. The first-order chi connectivity index (χ1) is 14.9. The van der Waals surface area contributed by atoms with Crippen molar-refractivity contribution in [3.8, 4) is 11.5 Å². The molecule has 2 aromatic rings. The van der Waals surface area contributed by atoms with Gasteiger partial charge in [0.25, 0.3) is 0 Å². The maximum Gasteiger partial charge on any atom is 0.331 e. The molecule has 0 saturated carbocycles. The smallest absolute Gasteiger partial charge is 0.331 e. The summed E-state index contributed by atoms with van der Waals surface area (Å²) in [6.45, 7) is 5.10. The van der Waals surface area contributed by atoms with Crippen LogP contribution in [0.4, 0.5) is 0 Å². The number of benzene rings is 1. The summed E-state index contributed by atoms with van der Waals surface area (Å²) in [5.74, 6) is 0.354. The van der Waals surface area contributed by atoms with Crippen LogP contribution in [0.2, 0.25) is 0 Å². The summed E-state index contributed by atoms with van der Waals surface area (Å²) in [7, 11) is 3.10. The van der Waals surface area contributed by atoms with E-state index in [0.717, 1.165) is 42.9 Å². The molecule has 1 aromatic carbocycles. The van der Waals surface area contributed by atoms with Crippen molar-refractivity contribution in [1.82, 2.24) is 4.57 Å². The zero-order valence-electron chi connectivity index (χ0n) is 18.5. The summed E-state index contributed by atoms with van der Waals surface area (Å²) in [5, 5.41) is 0. The monoisotopic (exact) mass is 427 g/mol. The van der Waals surface area contributed by atoms with Crippen LogP contribution in [0.15, 0.2) is 30.3 Å². The normalized spacial score (nSPS) is 15.9. The van der Waals surface area contributed by atoms with Crippen LogP contribution in [0.5, 0.6) is 11.5 Å². The molecule has 3 rings (SSSR count). The highest BCUT2D eigenvalue weighted by atomic mass is 16.5. The van der Waals surface area contributed by atoms with Crippen LogP contribution in [0.3, 0.4) is 0 Å². The van der Waals surface area contributed by atoms with E-state index in [9.17, 15) is 9.59 Å². The van der Waals surface area contributed by atoms with Gasteiger partial charge in [-0.05, 0) is 56.5 Å². The average molecular weight is 427 g/mol. The van der Waals surface area contributed by atoms with E-state index in [0.29, 0.717) is 17.1 Å². The second-order valence-electron chi connectivity index (χ2n) is 7.51. The SMILES string of the molecule is COc1ccc(C=CC(=O)OCC(=O)c2cc(C)n(CC3CCCO3)c2C)cc1OC. The number of aromatic nitrogens is 1. The maximum atomic E-state index is 12.6. The van der Waals surface area contributed by atoms with E-state index in [4.69, 9.17) is 18.9 Å². The molecule has 1 saturated heterocycles. The van der Waals surface area contributed by atoms with E-state index >= 15 is 0 Å². The number of ether oxygens (including phenoxy) is 4. The Labute approximate surface area is 182 Å². The number of hydrogen-bond donors (Lipinski definition) is 0. The fourth-order valence-electron chi connectivity index (χ4n) is 3.74. The van der Waals surface area contributed by atoms with Crippen molar-refractivity contribution >= 4 is 17.8 Å². The molecule has 0 N–H and O–H groups in total. The van der Waals surface area contributed by atoms with Crippen molar-refractivity contribution in [2.75, 3.05) is 27.4 Å². The highest BCUT2D eigenvalue weighted by Crippen LogP contribution is 2.28. The quantitative estimate of drug-likeness (QED) is 0.345. The third kappa shape index (κ3) is 5.55. The summed E-state index contributed by atoms with van der Waals surface area (Å²) in [5.41, 5.74) is 3.19. The molecule has 31 heavy (non-hydrogen) atoms.